The van der Waals surface area contributed by atoms with Crippen molar-refractivity contribution in [2.75, 3.05) is 18.0 Å². The van der Waals surface area contributed by atoms with Crippen molar-refractivity contribution >= 4 is 23.2 Å². The average Bonchev–Trinajstić information content (AvgIpc) is 3.09. The number of hydrogen-bond acceptors (Lipinski definition) is 2. The second-order valence-corrected chi connectivity index (χ2v) is 7.78. The first kappa shape index (κ1) is 19.3. The fourth-order valence-electron chi connectivity index (χ4n) is 4.12. The molecule has 0 spiro atoms. The van der Waals surface area contributed by atoms with Gasteiger partial charge in [0.2, 0.25) is 5.91 Å². The predicted molar refractivity (Wildman–Crippen MR) is 96.3 cm³/mol. The van der Waals surface area contributed by atoms with E-state index in [0.29, 0.717) is 18.0 Å². The highest BCUT2D eigenvalue weighted by Crippen LogP contribution is 2.39. The van der Waals surface area contributed by atoms with E-state index in [-0.39, 0.29) is 30.7 Å². The fourth-order valence-corrected chi connectivity index (χ4v) is 4.24. The van der Waals surface area contributed by atoms with Gasteiger partial charge in [-0.15, -0.1) is 0 Å². The van der Waals surface area contributed by atoms with Gasteiger partial charge in [0, 0.05) is 23.8 Å². The number of carbonyl (C=O) groups is 1. The molecule has 1 aliphatic heterocycles. The Morgan fingerprint density at radius 1 is 1.15 bits per heavy atom. The molecule has 1 aliphatic carbocycles. The van der Waals surface area contributed by atoms with Gasteiger partial charge in [0.1, 0.15) is 6.04 Å². The maximum atomic E-state index is 12.9. The van der Waals surface area contributed by atoms with Gasteiger partial charge in [-0.3, -0.25) is 4.79 Å². The van der Waals surface area contributed by atoms with Crippen LogP contribution >= 0.6 is 11.6 Å². The highest BCUT2D eigenvalue weighted by atomic mass is 35.5. The second kappa shape index (κ2) is 8.07. The minimum absolute atomic E-state index is 0.0911. The Hall–Kier alpha value is -1.43. The Morgan fingerprint density at radius 3 is 2.58 bits per heavy atom. The summed E-state index contributed by atoms with van der Waals surface area (Å²) >= 11 is 5.92. The molecule has 0 radical (unpaired) electrons. The predicted octanol–water partition coefficient (Wildman–Crippen LogP) is 4.79. The van der Waals surface area contributed by atoms with E-state index < -0.39 is 12.1 Å². The molecule has 144 valence electrons. The van der Waals surface area contributed by atoms with Gasteiger partial charge in [0.25, 0.3) is 0 Å². The molecule has 1 heterocycles. The molecule has 0 aromatic heterocycles. The minimum atomic E-state index is -4.13. The molecule has 26 heavy (non-hydrogen) atoms. The van der Waals surface area contributed by atoms with Crippen LogP contribution in [0.25, 0.3) is 0 Å². The van der Waals surface area contributed by atoms with E-state index in [0.717, 1.165) is 31.5 Å². The lowest BCUT2D eigenvalue weighted by Gasteiger charge is -2.31. The van der Waals surface area contributed by atoms with Crippen LogP contribution in [0.15, 0.2) is 24.3 Å². The maximum absolute atomic E-state index is 12.9. The molecular formula is C19H24ClF3N2O. The summed E-state index contributed by atoms with van der Waals surface area (Å²) in [5, 5.41) is 3.55. The van der Waals surface area contributed by atoms with Crippen LogP contribution in [0, 0.1) is 11.8 Å². The number of nitrogens with zero attached hydrogens (tertiary/aromatic N) is 1. The van der Waals surface area contributed by atoms with Gasteiger partial charge in [0.05, 0.1) is 5.92 Å². The second-order valence-electron chi connectivity index (χ2n) is 7.34. The Kier molecular flexibility index (Phi) is 6.00. The van der Waals surface area contributed by atoms with Crippen molar-refractivity contribution in [1.82, 2.24) is 5.32 Å². The van der Waals surface area contributed by atoms with Crippen molar-refractivity contribution in [3.63, 3.8) is 0 Å². The molecule has 3 atom stereocenters. The number of rotatable bonds is 4. The number of alkyl halides is 3. The molecule has 2 fully saturated rings. The number of carbonyl (C=O) groups excluding carboxylic acids is 1. The standard InChI is InChI=1S/C19H24ClF3N2O/c20-15-6-8-16(9-7-15)25-10-2-5-17(25)18(26)24-12-13-3-1-4-14(11-13)19(21,22)23/h6-9,13-14,17H,1-5,10-12H2,(H,24,26). The van der Waals surface area contributed by atoms with E-state index in [2.05, 4.69) is 5.32 Å². The number of hydrogen-bond donors (Lipinski definition) is 1. The lowest BCUT2D eigenvalue weighted by molar-refractivity contribution is -0.185. The minimum Gasteiger partial charge on any atom is -0.360 e. The molecule has 1 saturated heterocycles. The summed E-state index contributed by atoms with van der Waals surface area (Å²) in [6.07, 6.45) is -0.802. The van der Waals surface area contributed by atoms with Crippen molar-refractivity contribution in [3.8, 4) is 0 Å². The van der Waals surface area contributed by atoms with Crippen molar-refractivity contribution < 1.29 is 18.0 Å². The van der Waals surface area contributed by atoms with E-state index in [4.69, 9.17) is 11.6 Å². The summed E-state index contributed by atoms with van der Waals surface area (Å²) in [5.41, 5.74) is 0.946. The molecule has 1 N–H and O–H groups in total. The Balaban J connectivity index is 1.55. The average molecular weight is 389 g/mol. The van der Waals surface area contributed by atoms with E-state index in [1.165, 1.54) is 0 Å². The highest BCUT2D eigenvalue weighted by Gasteiger charge is 2.42. The van der Waals surface area contributed by atoms with Gasteiger partial charge < -0.3 is 10.2 Å². The molecule has 3 nitrogen and oxygen atoms in total. The molecule has 1 saturated carbocycles. The van der Waals surface area contributed by atoms with Crippen LogP contribution in [0.5, 0.6) is 0 Å². The third-order valence-electron chi connectivity index (χ3n) is 5.52. The van der Waals surface area contributed by atoms with E-state index in [9.17, 15) is 18.0 Å². The van der Waals surface area contributed by atoms with E-state index >= 15 is 0 Å². The van der Waals surface area contributed by atoms with Gasteiger partial charge in [-0.1, -0.05) is 18.0 Å². The summed E-state index contributed by atoms with van der Waals surface area (Å²) in [6.45, 7) is 1.12. The summed E-state index contributed by atoms with van der Waals surface area (Å²) < 4.78 is 38.8. The third-order valence-corrected chi connectivity index (χ3v) is 5.78. The van der Waals surface area contributed by atoms with Crippen LogP contribution < -0.4 is 10.2 Å². The van der Waals surface area contributed by atoms with Crippen LogP contribution in [0.1, 0.15) is 38.5 Å². The van der Waals surface area contributed by atoms with Crippen molar-refractivity contribution in [2.45, 2.75) is 50.7 Å². The summed E-state index contributed by atoms with van der Waals surface area (Å²) in [6, 6.07) is 7.11. The Labute approximate surface area is 156 Å². The number of benzene rings is 1. The summed E-state index contributed by atoms with van der Waals surface area (Å²) in [7, 11) is 0. The molecular weight excluding hydrogens is 365 g/mol. The topological polar surface area (TPSA) is 32.3 Å². The van der Waals surface area contributed by atoms with E-state index in [1.807, 2.05) is 17.0 Å². The monoisotopic (exact) mass is 388 g/mol. The fraction of sp³-hybridized carbons (Fsp3) is 0.632. The molecule has 0 bridgehead atoms. The molecule has 3 rings (SSSR count). The molecule has 2 aliphatic rings. The molecule has 1 amide bonds. The van der Waals surface area contributed by atoms with Crippen LogP contribution in [-0.2, 0) is 4.79 Å². The molecule has 7 heteroatoms. The number of amides is 1. The zero-order chi connectivity index (χ0) is 18.7. The Morgan fingerprint density at radius 2 is 1.88 bits per heavy atom. The lowest BCUT2D eigenvalue weighted by atomic mass is 9.81. The van der Waals surface area contributed by atoms with Gasteiger partial charge in [-0.2, -0.15) is 13.2 Å². The van der Waals surface area contributed by atoms with Crippen molar-refractivity contribution in [1.29, 1.82) is 0 Å². The SMILES string of the molecule is O=C(NCC1CCCC(C(F)(F)F)C1)C1CCCN1c1ccc(Cl)cc1. The molecule has 3 unspecified atom stereocenters. The smallest absolute Gasteiger partial charge is 0.360 e. The molecule has 1 aromatic rings. The van der Waals surface area contributed by atoms with Crippen LogP contribution in [0.4, 0.5) is 18.9 Å². The number of nitrogens with one attached hydrogen (secondary N) is 1. The van der Waals surface area contributed by atoms with Crippen LogP contribution in [0.2, 0.25) is 5.02 Å². The van der Waals surface area contributed by atoms with Crippen molar-refractivity contribution in [3.05, 3.63) is 29.3 Å². The number of anilines is 1. The zero-order valence-electron chi connectivity index (χ0n) is 14.6. The third kappa shape index (κ3) is 4.64. The lowest BCUT2D eigenvalue weighted by Crippen LogP contribution is -2.45. The van der Waals surface area contributed by atoms with Crippen LogP contribution in [0.3, 0.4) is 0 Å². The first-order valence-electron chi connectivity index (χ1n) is 9.21. The number of halogens is 4. The Bertz CT molecular complexity index is 620. The van der Waals surface area contributed by atoms with E-state index in [1.54, 1.807) is 12.1 Å². The maximum Gasteiger partial charge on any atom is 0.391 e. The van der Waals surface area contributed by atoms with Gasteiger partial charge in [-0.05, 0) is 62.3 Å². The summed E-state index contributed by atoms with van der Waals surface area (Å²) in [5.74, 6) is -1.41. The van der Waals surface area contributed by atoms with Crippen LogP contribution in [-0.4, -0.2) is 31.2 Å². The van der Waals surface area contributed by atoms with Gasteiger partial charge in [-0.25, -0.2) is 0 Å². The van der Waals surface area contributed by atoms with Crippen molar-refractivity contribution in [2.24, 2.45) is 11.8 Å². The summed E-state index contributed by atoms with van der Waals surface area (Å²) in [4.78, 5) is 14.7. The first-order valence-corrected chi connectivity index (χ1v) is 9.59. The highest BCUT2D eigenvalue weighted by molar-refractivity contribution is 6.30. The van der Waals surface area contributed by atoms with Gasteiger partial charge >= 0.3 is 6.18 Å². The zero-order valence-corrected chi connectivity index (χ0v) is 15.3. The molecule has 1 aromatic carbocycles. The first-order chi connectivity index (χ1) is 12.3. The quantitative estimate of drug-likeness (QED) is 0.804. The van der Waals surface area contributed by atoms with Gasteiger partial charge in [0.15, 0.2) is 0 Å². The normalized spacial score (nSPS) is 26.8. The largest absolute Gasteiger partial charge is 0.391 e.